The molecule has 2 amide bonds. The van der Waals surface area contributed by atoms with Crippen molar-refractivity contribution in [1.82, 2.24) is 5.32 Å². The number of nitrogens with zero attached hydrogens (tertiary/aromatic N) is 1. The van der Waals surface area contributed by atoms with Gasteiger partial charge in [0.2, 0.25) is 11.8 Å². The Morgan fingerprint density at radius 2 is 1.96 bits per heavy atom. The van der Waals surface area contributed by atoms with Crippen LogP contribution < -0.4 is 10.2 Å². The minimum Gasteiger partial charge on any atom is -0.352 e. The average molecular weight is 357 g/mol. The first kappa shape index (κ1) is 17.5. The highest BCUT2D eigenvalue weighted by Crippen LogP contribution is 2.31. The van der Waals surface area contributed by atoms with E-state index < -0.39 is 0 Å². The third-order valence-electron chi connectivity index (χ3n) is 4.74. The molecular formula is C20H21ClN2O2. The number of carbonyl (C=O) groups excluding carboxylic acids is 2. The van der Waals surface area contributed by atoms with Crippen LogP contribution in [0.3, 0.4) is 0 Å². The second-order valence-electron chi connectivity index (χ2n) is 6.43. The SMILES string of the molecule is Cc1ccccc1CNC(=O)C1CC(=O)N(c2cccc(Cl)c2C)C1. The number of amides is 2. The predicted molar refractivity (Wildman–Crippen MR) is 99.7 cm³/mol. The third kappa shape index (κ3) is 3.69. The van der Waals surface area contributed by atoms with Crippen molar-refractivity contribution >= 4 is 29.1 Å². The molecular weight excluding hydrogens is 336 g/mol. The summed E-state index contributed by atoms with van der Waals surface area (Å²) in [5.74, 6) is -0.463. The van der Waals surface area contributed by atoms with Crippen LogP contribution in [0.5, 0.6) is 0 Å². The smallest absolute Gasteiger partial charge is 0.227 e. The Labute approximate surface area is 152 Å². The topological polar surface area (TPSA) is 49.4 Å². The second kappa shape index (κ2) is 7.28. The van der Waals surface area contributed by atoms with Crippen molar-refractivity contribution in [1.29, 1.82) is 0 Å². The normalized spacial score (nSPS) is 17.0. The van der Waals surface area contributed by atoms with Gasteiger partial charge in [-0.15, -0.1) is 0 Å². The first-order valence-corrected chi connectivity index (χ1v) is 8.73. The number of hydrogen-bond donors (Lipinski definition) is 1. The van der Waals surface area contributed by atoms with Gasteiger partial charge in [0.25, 0.3) is 0 Å². The minimum atomic E-state index is -0.338. The number of carbonyl (C=O) groups is 2. The molecule has 1 aliphatic heterocycles. The molecule has 4 nitrogen and oxygen atoms in total. The fraction of sp³-hybridized carbons (Fsp3) is 0.300. The van der Waals surface area contributed by atoms with Gasteiger partial charge in [0.1, 0.15) is 0 Å². The first-order valence-electron chi connectivity index (χ1n) is 8.35. The maximum Gasteiger partial charge on any atom is 0.227 e. The van der Waals surface area contributed by atoms with E-state index in [2.05, 4.69) is 5.32 Å². The Morgan fingerprint density at radius 1 is 1.20 bits per heavy atom. The number of halogens is 1. The zero-order valence-electron chi connectivity index (χ0n) is 14.4. The van der Waals surface area contributed by atoms with Gasteiger partial charge in [-0.25, -0.2) is 0 Å². The highest BCUT2D eigenvalue weighted by molar-refractivity contribution is 6.31. The number of aryl methyl sites for hydroxylation is 1. The monoisotopic (exact) mass is 356 g/mol. The number of nitrogens with one attached hydrogen (secondary N) is 1. The number of hydrogen-bond acceptors (Lipinski definition) is 2. The van der Waals surface area contributed by atoms with E-state index in [-0.39, 0.29) is 24.2 Å². The molecule has 1 saturated heterocycles. The molecule has 0 radical (unpaired) electrons. The Kier molecular flexibility index (Phi) is 5.09. The van der Waals surface area contributed by atoms with Gasteiger partial charge in [-0.1, -0.05) is 41.9 Å². The zero-order valence-corrected chi connectivity index (χ0v) is 15.1. The van der Waals surface area contributed by atoms with Crippen LogP contribution in [-0.4, -0.2) is 18.4 Å². The Balaban J connectivity index is 1.67. The van der Waals surface area contributed by atoms with E-state index in [1.807, 2.05) is 50.2 Å². The van der Waals surface area contributed by atoms with E-state index in [4.69, 9.17) is 11.6 Å². The van der Waals surface area contributed by atoms with E-state index in [9.17, 15) is 9.59 Å². The van der Waals surface area contributed by atoms with Gasteiger partial charge in [-0.3, -0.25) is 9.59 Å². The van der Waals surface area contributed by atoms with Crippen molar-refractivity contribution < 1.29 is 9.59 Å². The molecule has 0 spiro atoms. The van der Waals surface area contributed by atoms with Gasteiger partial charge < -0.3 is 10.2 Å². The molecule has 3 rings (SSSR count). The lowest BCUT2D eigenvalue weighted by Crippen LogP contribution is -2.33. The van der Waals surface area contributed by atoms with Gasteiger partial charge in [0, 0.05) is 30.2 Å². The number of rotatable bonds is 4. The molecule has 1 heterocycles. The summed E-state index contributed by atoms with van der Waals surface area (Å²) in [6.45, 7) is 4.77. The van der Waals surface area contributed by atoms with Crippen molar-refractivity contribution in [2.45, 2.75) is 26.8 Å². The Hall–Kier alpha value is -2.33. The maximum absolute atomic E-state index is 12.5. The molecule has 0 aromatic heterocycles. The Morgan fingerprint density at radius 3 is 2.72 bits per heavy atom. The van der Waals surface area contributed by atoms with E-state index in [0.29, 0.717) is 18.1 Å². The molecule has 0 aliphatic carbocycles. The summed E-state index contributed by atoms with van der Waals surface area (Å²) in [6.07, 6.45) is 0.228. The molecule has 2 aromatic carbocycles. The standard InChI is InChI=1S/C20H21ClN2O2/c1-13-6-3-4-7-15(13)11-22-20(25)16-10-19(24)23(12-16)18-9-5-8-17(21)14(18)2/h3-9,16H,10-12H2,1-2H3,(H,22,25). The molecule has 1 N–H and O–H groups in total. The first-order chi connectivity index (χ1) is 12.0. The lowest BCUT2D eigenvalue weighted by atomic mass is 10.1. The molecule has 1 atom stereocenters. The number of anilines is 1. The van der Waals surface area contributed by atoms with E-state index in [1.165, 1.54) is 0 Å². The van der Waals surface area contributed by atoms with Crippen LogP contribution >= 0.6 is 11.6 Å². The van der Waals surface area contributed by atoms with Gasteiger partial charge in [0.05, 0.1) is 5.92 Å². The maximum atomic E-state index is 12.5. The van der Waals surface area contributed by atoms with E-state index >= 15 is 0 Å². The van der Waals surface area contributed by atoms with E-state index in [1.54, 1.807) is 11.0 Å². The fourth-order valence-corrected chi connectivity index (χ4v) is 3.31. The molecule has 2 aromatic rings. The largest absolute Gasteiger partial charge is 0.352 e. The molecule has 1 aliphatic rings. The van der Waals surface area contributed by atoms with Gasteiger partial charge in [0.15, 0.2) is 0 Å². The van der Waals surface area contributed by atoms with Crippen LogP contribution in [0.15, 0.2) is 42.5 Å². The van der Waals surface area contributed by atoms with Crippen LogP contribution in [0.1, 0.15) is 23.1 Å². The summed E-state index contributed by atoms with van der Waals surface area (Å²) in [6, 6.07) is 13.4. The lowest BCUT2D eigenvalue weighted by molar-refractivity contribution is -0.126. The zero-order chi connectivity index (χ0) is 18.0. The molecule has 130 valence electrons. The molecule has 0 saturated carbocycles. The van der Waals surface area contributed by atoms with Gasteiger partial charge in [-0.05, 0) is 42.7 Å². The number of benzene rings is 2. The van der Waals surface area contributed by atoms with E-state index in [0.717, 1.165) is 22.4 Å². The van der Waals surface area contributed by atoms with Crippen LogP contribution in [0.25, 0.3) is 0 Å². The third-order valence-corrected chi connectivity index (χ3v) is 5.15. The minimum absolute atomic E-state index is 0.0404. The van der Waals surface area contributed by atoms with Crippen molar-refractivity contribution in [2.24, 2.45) is 5.92 Å². The van der Waals surface area contributed by atoms with Crippen molar-refractivity contribution in [3.63, 3.8) is 0 Å². The van der Waals surface area contributed by atoms with Crippen LogP contribution in [0.2, 0.25) is 5.02 Å². The second-order valence-corrected chi connectivity index (χ2v) is 6.84. The molecule has 25 heavy (non-hydrogen) atoms. The summed E-state index contributed by atoms with van der Waals surface area (Å²) in [7, 11) is 0. The quantitative estimate of drug-likeness (QED) is 0.909. The molecule has 1 fully saturated rings. The average Bonchev–Trinajstić information content (AvgIpc) is 2.98. The fourth-order valence-electron chi connectivity index (χ4n) is 3.14. The summed E-state index contributed by atoms with van der Waals surface area (Å²) in [4.78, 5) is 26.5. The summed E-state index contributed by atoms with van der Waals surface area (Å²) in [5, 5.41) is 3.58. The van der Waals surface area contributed by atoms with Crippen molar-refractivity contribution in [3.8, 4) is 0 Å². The van der Waals surface area contributed by atoms with Crippen LogP contribution in [0, 0.1) is 19.8 Å². The highest BCUT2D eigenvalue weighted by atomic mass is 35.5. The van der Waals surface area contributed by atoms with Crippen LogP contribution in [-0.2, 0) is 16.1 Å². The van der Waals surface area contributed by atoms with Gasteiger partial charge in [-0.2, -0.15) is 0 Å². The molecule has 1 unspecified atom stereocenters. The van der Waals surface area contributed by atoms with Crippen molar-refractivity contribution in [2.75, 3.05) is 11.4 Å². The van der Waals surface area contributed by atoms with Gasteiger partial charge >= 0.3 is 0 Å². The summed E-state index contributed by atoms with van der Waals surface area (Å²) >= 11 is 6.15. The molecule has 0 bridgehead atoms. The highest BCUT2D eigenvalue weighted by Gasteiger charge is 2.35. The summed E-state index contributed by atoms with van der Waals surface area (Å²) in [5.41, 5.74) is 3.87. The molecule has 5 heteroatoms. The van der Waals surface area contributed by atoms with Crippen molar-refractivity contribution in [3.05, 3.63) is 64.2 Å². The lowest BCUT2D eigenvalue weighted by Gasteiger charge is -2.19. The summed E-state index contributed by atoms with van der Waals surface area (Å²) < 4.78 is 0. The van der Waals surface area contributed by atoms with Crippen LogP contribution in [0.4, 0.5) is 5.69 Å². The predicted octanol–water partition coefficient (Wildman–Crippen LogP) is 3.63. The Bertz CT molecular complexity index is 819.